The van der Waals surface area contributed by atoms with Crippen LogP contribution in [0.5, 0.6) is 5.75 Å². The van der Waals surface area contributed by atoms with Gasteiger partial charge in [-0.1, -0.05) is 29.8 Å². The normalized spacial score (nSPS) is 16.8. The molecule has 31 heavy (non-hydrogen) atoms. The molecule has 0 aliphatic carbocycles. The molecule has 164 valence electrons. The second-order valence-corrected chi connectivity index (χ2v) is 8.39. The van der Waals surface area contributed by atoms with Crippen molar-refractivity contribution >= 4 is 29.1 Å². The van der Waals surface area contributed by atoms with E-state index in [1.54, 1.807) is 17.0 Å². The highest BCUT2D eigenvalue weighted by Gasteiger charge is 2.38. The Hall–Kier alpha value is -2.80. The van der Waals surface area contributed by atoms with Crippen molar-refractivity contribution in [1.29, 1.82) is 0 Å². The van der Waals surface area contributed by atoms with Gasteiger partial charge in [0.05, 0.1) is 5.92 Å². The molecule has 0 N–H and O–H groups in total. The maximum Gasteiger partial charge on any atom is 0.260 e. The van der Waals surface area contributed by atoms with E-state index in [0.29, 0.717) is 31.2 Å². The molecule has 2 aliphatic heterocycles. The van der Waals surface area contributed by atoms with Gasteiger partial charge in [0.2, 0.25) is 5.91 Å². The molecule has 6 nitrogen and oxygen atoms in total. The van der Waals surface area contributed by atoms with Crippen molar-refractivity contribution in [3.63, 3.8) is 0 Å². The second kappa shape index (κ2) is 9.14. The SMILES string of the molecule is Cc1ccc(Cl)cc1N1CCN(C(=O)C2CN(C(=O)COc3ccccc3F)C2)CC1. The van der Waals surface area contributed by atoms with Gasteiger partial charge in [0, 0.05) is 50.0 Å². The lowest BCUT2D eigenvalue weighted by molar-refractivity contribution is -0.149. The van der Waals surface area contributed by atoms with E-state index in [1.807, 2.05) is 23.1 Å². The summed E-state index contributed by atoms with van der Waals surface area (Å²) in [5, 5.41) is 0.706. The van der Waals surface area contributed by atoms with Crippen LogP contribution >= 0.6 is 11.6 Å². The quantitative estimate of drug-likeness (QED) is 0.710. The van der Waals surface area contributed by atoms with Crippen molar-refractivity contribution in [3.8, 4) is 5.75 Å². The Morgan fingerprint density at radius 2 is 1.77 bits per heavy atom. The van der Waals surface area contributed by atoms with Gasteiger partial charge in [-0.05, 0) is 36.8 Å². The fraction of sp³-hybridized carbons (Fsp3) is 0.391. The molecule has 8 heteroatoms. The van der Waals surface area contributed by atoms with Crippen molar-refractivity contribution in [2.24, 2.45) is 5.92 Å². The van der Waals surface area contributed by atoms with Crippen LogP contribution in [0.25, 0.3) is 0 Å². The largest absolute Gasteiger partial charge is 0.481 e. The van der Waals surface area contributed by atoms with E-state index < -0.39 is 5.82 Å². The zero-order chi connectivity index (χ0) is 22.0. The number of anilines is 1. The van der Waals surface area contributed by atoms with Gasteiger partial charge in [-0.2, -0.15) is 0 Å². The number of hydrogen-bond donors (Lipinski definition) is 0. The number of likely N-dealkylation sites (tertiary alicyclic amines) is 1. The molecule has 4 rings (SSSR count). The van der Waals surface area contributed by atoms with Crippen LogP contribution in [0, 0.1) is 18.7 Å². The summed E-state index contributed by atoms with van der Waals surface area (Å²) < 4.78 is 18.8. The minimum absolute atomic E-state index is 0.0526. The molecule has 2 heterocycles. The van der Waals surface area contributed by atoms with E-state index >= 15 is 0 Å². The fourth-order valence-corrected chi connectivity index (χ4v) is 4.15. The highest BCUT2D eigenvalue weighted by molar-refractivity contribution is 6.30. The minimum atomic E-state index is -0.501. The van der Waals surface area contributed by atoms with Crippen molar-refractivity contribution < 1.29 is 18.7 Å². The number of carbonyl (C=O) groups excluding carboxylic acids is 2. The topological polar surface area (TPSA) is 53.1 Å². The molecule has 2 aliphatic rings. The first kappa shape index (κ1) is 21.4. The summed E-state index contributed by atoms with van der Waals surface area (Å²) in [6.07, 6.45) is 0. The first-order valence-electron chi connectivity index (χ1n) is 10.4. The van der Waals surface area contributed by atoms with Crippen LogP contribution < -0.4 is 9.64 Å². The molecule has 2 fully saturated rings. The summed E-state index contributed by atoms with van der Waals surface area (Å²) in [6.45, 7) is 5.37. The lowest BCUT2D eigenvalue weighted by Crippen LogP contribution is -2.59. The predicted octanol–water partition coefficient (Wildman–Crippen LogP) is 2.97. The number of rotatable bonds is 5. The first-order valence-corrected chi connectivity index (χ1v) is 10.7. The highest BCUT2D eigenvalue weighted by atomic mass is 35.5. The van der Waals surface area contributed by atoms with Gasteiger partial charge < -0.3 is 19.4 Å². The maximum absolute atomic E-state index is 13.6. The van der Waals surface area contributed by atoms with Crippen molar-refractivity contribution in [1.82, 2.24) is 9.80 Å². The number of amides is 2. The Morgan fingerprint density at radius 3 is 2.48 bits per heavy atom. The smallest absolute Gasteiger partial charge is 0.260 e. The number of halogens is 2. The van der Waals surface area contributed by atoms with Gasteiger partial charge in [0.25, 0.3) is 5.91 Å². The Morgan fingerprint density at radius 1 is 1.06 bits per heavy atom. The van der Waals surface area contributed by atoms with Gasteiger partial charge in [-0.3, -0.25) is 9.59 Å². The van der Waals surface area contributed by atoms with E-state index in [2.05, 4.69) is 11.8 Å². The monoisotopic (exact) mass is 445 g/mol. The number of aryl methyl sites for hydroxylation is 1. The number of ether oxygens (including phenoxy) is 1. The Balaban J connectivity index is 1.22. The van der Waals surface area contributed by atoms with Crippen LogP contribution in [0.2, 0.25) is 5.02 Å². The van der Waals surface area contributed by atoms with E-state index in [-0.39, 0.29) is 30.1 Å². The number of hydrogen-bond acceptors (Lipinski definition) is 4. The summed E-state index contributed by atoms with van der Waals surface area (Å²) in [6, 6.07) is 11.8. The number of para-hydroxylation sites is 1. The molecule has 2 aromatic rings. The molecule has 0 radical (unpaired) electrons. The molecule has 0 spiro atoms. The first-order chi connectivity index (χ1) is 14.9. The van der Waals surface area contributed by atoms with E-state index in [9.17, 15) is 14.0 Å². The van der Waals surface area contributed by atoms with Crippen molar-refractivity contribution in [3.05, 3.63) is 58.9 Å². The summed E-state index contributed by atoms with van der Waals surface area (Å²) in [4.78, 5) is 30.8. The van der Waals surface area contributed by atoms with Crippen molar-refractivity contribution in [2.75, 3.05) is 50.8 Å². The van der Waals surface area contributed by atoms with Crippen LogP contribution in [0.4, 0.5) is 10.1 Å². The molecule has 0 saturated carbocycles. The van der Waals surface area contributed by atoms with E-state index in [4.69, 9.17) is 16.3 Å². The third-order valence-corrected chi connectivity index (χ3v) is 6.11. The number of benzene rings is 2. The lowest BCUT2D eigenvalue weighted by atomic mass is 9.98. The second-order valence-electron chi connectivity index (χ2n) is 7.96. The Bertz CT molecular complexity index is 972. The summed E-state index contributed by atoms with van der Waals surface area (Å²) in [5.74, 6) is -0.789. The zero-order valence-electron chi connectivity index (χ0n) is 17.4. The molecule has 2 aromatic carbocycles. The average molecular weight is 446 g/mol. The molecule has 0 aromatic heterocycles. The third-order valence-electron chi connectivity index (χ3n) is 5.87. The average Bonchev–Trinajstić information content (AvgIpc) is 2.74. The Labute approximate surface area is 186 Å². The summed E-state index contributed by atoms with van der Waals surface area (Å²) in [7, 11) is 0. The fourth-order valence-electron chi connectivity index (χ4n) is 3.98. The Kier molecular flexibility index (Phi) is 6.32. The molecule has 0 atom stereocenters. The van der Waals surface area contributed by atoms with Crippen LogP contribution in [0.15, 0.2) is 42.5 Å². The van der Waals surface area contributed by atoms with Gasteiger partial charge in [-0.15, -0.1) is 0 Å². The van der Waals surface area contributed by atoms with Crippen LogP contribution in [0.1, 0.15) is 5.56 Å². The van der Waals surface area contributed by atoms with Crippen molar-refractivity contribution in [2.45, 2.75) is 6.92 Å². The van der Waals surface area contributed by atoms with Gasteiger partial charge in [0.1, 0.15) is 0 Å². The molecule has 2 saturated heterocycles. The minimum Gasteiger partial charge on any atom is -0.481 e. The van der Waals surface area contributed by atoms with Crippen LogP contribution in [-0.2, 0) is 9.59 Å². The molecule has 0 bridgehead atoms. The summed E-state index contributed by atoms with van der Waals surface area (Å²) >= 11 is 6.14. The number of carbonyl (C=O) groups is 2. The van der Waals surface area contributed by atoms with Crippen LogP contribution in [-0.4, -0.2) is 67.5 Å². The lowest BCUT2D eigenvalue weighted by Gasteiger charge is -2.43. The highest BCUT2D eigenvalue weighted by Crippen LogP contribution is 2.26. The van der Waals surface area contributed by atoms with E-state index in [0.717, 1.165) is 24.3 Å². The standard InChI is InChI=1S/C23H25ClFN3O3/c1-16-6-7-18(24)12-20(16)26-8-10-27(11-9-26)23(30)17-13-28(14-17)22(29)15-31-21-5-3-2-4-19(21)25/h2-7,12,17H,8-11,13-15H2,1H3. The predicted molar refractivity (Wildman–Crippen MR) is 117 cm³/mol. The molecule has 0 unspecified atom stereocenters. The number of piperazine rings is 1. The van der Waals surface area contributed by atoms with E-state index in [1.165, 1.54) is 12.1 Å². The summed E-state index contributed by atoms with van der Waals surface area (Å²) in [5.41, 5.74) is 2.27. The van der Waals surface area contributed by atoms with Gasteiger partial charge in [-0.25, -0.2) is 4.39 Å². The number of nitrogens with zero attached hydrogens (tertiary/aromatic N) is 3. The maximum atomic E-state index is 13.6. The van der Waals surface area contributed by atoms with Crippen LogP contribution in [0.3, 0.4) is 0 Å². The molecular weight excluding hydrogens is 421 g/mol. The van der Waals surface area contributed by atoms with Gasteiger partial charge in [0.15, 0.2) is 18.2 Å². The molecule has 2 amide bonds. The van der Waals surface area contributed by atoms with Gasteiger partial charge >= 0.3 is 0 Å². The zero-order valence-corrected chi connectivity index (χ0v) is 18.1. The third kappa shape index (κ3) is 4.77. The molecular formula is C23H25ClFN3O3.